The van der Waals surface area contributed by atoms with Crippen molar-refractivity contribution in [3.8, 4) is 0 Å². The minimum atomic E-state index is 0.319. The first-order chi connectivity index (χ1) is 10.2. The van der Waals surface area contributed by atoms with Crippen LogP contribution < -0.4 is 5.32 Å². The molecule has 1 aliphatic carbocycles. The van der Waals surface area contributed by atoms with Gasteiger partial charge in [-0.1, -0.05) is 38.1 Å². The molecule has 0 aliphatic heterocycles. The lowest BCUT2D eigenvalue weighted by atomic mass is 9.70. The van der Waals surface area contributed by atoms with Gasteiger partial charge in [0.15, 0.2) is 0 Å². The fourth-order valence-corrected chi connectivity index (χ4v) is 3.37. The van der Waals surface area contributed by atoms with Crippen molar-refractivity contribution in [2.45, 2.75) is 45.7 Å². The summed E-state index contributed by atoms with van der Waals surface area (Å²) in [7, 11) is 0. The molecule has 0 amide bonds. The van der Waals surface area contributed by atoms with Crippen molar-refractivity contribution in [1.29, 1.82) is 0 Å². The van der Waals surface area contributed by atoms with Crippen molar-refractivity contribution < 1.29 is 0 Å². The second kappa shape index (κ2) is 6.02. The van der Waals surface area contributed by atoms with E-state index in [0.29, 0.717) is 11.5 Å². The van der Waals surface area contributed by atoms with Crippen LogP contribution >= 0.6 is 0 Å². The van der Waals surface area contributed by atoms with Gasteiger partial charge in [-0.25, -0.2) is 0 Å². The van der Waals surface area contributed by atoms with Gasteiger partial charge in [0.2, 0.25) is 0 Å². The van der Waals surface area contributed by atoms with Gasteiger partial charge in [-0.15, -0.1) is 0 Å². The average molecular weight is 283 g/mol. The number of fused-ring (bicyclic) bond motifs is 1. The van der Waals surface area contributed by atoms with Gasteiger partial charge in [0.25, 0.3) is 0 Å². The molecule has 1 heterocycles. The molecular formula is C18H25N3. The zero-order chi connectivity index (χ0) is 14.7. The first-order valence-electron chi connectivity index (χ1n) is 7.95. The Balaban J connectivity index is 1.62. The maximum Gasteiger partial charge on any atom is 0.0489 e. The van der Waals surface area contributed by atoms with Gasteiger partial charge in [0.1, 0.15) is 0 Å². The Kier molecular flexibility index (Phi) is 4.11. The first kappa shape index (κ1) is 14.3. The van der Waals surface area contributed by atoms with Crippen LogP contribution in [0.5, 0.6) is 0 Å². The van der Waals surface area contributed by atoms with E-state index in [0.717, 1.165) is 19.5 Å². The van der Waals surface area contributed by atoms with Crippen LogP contribution in [0.25, 0.3) is 0 Å². The molecule has 2 aromatic rings. The molecule has 1 aromatic carbocycles. The highest BCUT2D eigenvalue weighted by molar-refractivity contribution is 5.34. The fraction of sp³-hybridized carbons (Fsp3) is 0.500. The second-order valence-corrected chi connectivity index (χ2v) is 6.70. The van der Waals surface area contributed by atoms with E-state index in [9.17, 15) is 0 Å². The number of benzene rings is 1. The zero-order valence-electron chi connectivity index (χ0n) is 13.0. The van der Waals surface area contributed by atoms with Gasteiger partial charge in [0, 0.05) is 25.0 Å². The summed E-state index contributed by atoms with van der Waals surface area (Å²) in [5.74, 6) is 0. The van der Waals surface area contributed by atoms with E-state index in [2.05, 4.69) is 48.5 Å². The molecule has 0 bridgehead atoms. The molecule has 0 spiro atoms. The van der Waals surface area contributed by atoms with E-state index in [1.54, 1.807) is 0 Å². The summed E-state index contributed by atoms with van der Waals surface area (Å²) in [6, 6.07) is 11.3. The standard InChI is InChI=1S/C18H25N3/c1-18(2)10-9-15-7-3-4-8-16(15)17(18)19-11-5-13-21-14-6-12-20-21/h3-4,6-8,12,14,17,19H,5,9-11,13H2,1-2H3. The van der Waals surface area contributed by atoms with Crippen molar-refractivity contribution in [3.05, 3.63) is 53.9 Å². The first-order valence-corrected chi connectivity index (χ1v) is 7.95. The third kappa shape index (κ3) is 3.18. The van der Waals surface area contributed by atoms with Gasteiger partial charge in [0.05, 0.1) is 0 Å². The lowest BCUT2D eigenvalue weighted by Crippen LogP contribution is -2.38. The van der Waals surface area contributed by atoms with E-state index < -0.39 is 0 Å². The summed E-state index contributed by atoms with van der Waals surface area (Å²) in [6.07, 6.45) is 7.43. The van der Waals surface area contributed by atoms with Crippen LogP contribution in [0.3, 0.4) is 0 Å². The summed E-state index contributed by atoms with van der Waals surface area (Å²) >= 11 is 0. The predicted molar refractivity (Wildman–Crippen MR) is 86.1 cm³/mol. The summed E-state index contributed by atoms with van der Waals surface area (Å²) in [5.41, 5.74) is 3.33. The molecule has 0 saturated carbocycles. The highest BCUT2D eigenvalue weighted by Gasteiger charge is 2.34. The summed E-state index contributed by atoms with van der Waals surface area (Å²) in [6.45, 7) is 6.78. The maximum absolute atomic E-state index is 4.25. The molecule has 3 nitrogen and oxygen atoms in total. The van der Waals surface area contributed by atoms with Gasteiger partial charge in [-0.3, -0.25) is 4.68 Å². The van der Waals surface area contributed by atoms with E-state index in [1.165, 1.54) is 24.0 Å². The van der Waals surface area contributed by atoms with Crippen LogP contribution in [0.4, 0.5) is 0 Å². The lowest BCUT2D eigenvalue weighted by molar-refractivity contribution is 0.208. The number of rotatable bonds is 5. The van der Waals surface area contributed by atoms with E-state index in [4.69, 9.17) is 0 Å². The Hall–Kier alpha value is -1.61. The molecule has 0 saturated heterocycles. The Morgan fingerprint density at radius 3 is 2.95 bits per heavy atom. The minimum absolute atomic E-state index is 0.319. The quantitative estimate of drug-likeness (QED) is 0.850. The van der Waals surface area contributed by atoms with Crippen LogP contribution in [-0.2, 0) is 13.0 Å². The largest absolute Gasteiger partial charge is 0.309 e. The summed E-state index contributed by atoms with van der Waals surface area (Å²) in [5, 5.41) is 8.04. The Bertz CT molecular complexity index is 572. The molecule has 1 unspecified atom stereocenters. The number of aryl methyl sites for hydroxylation is 2. The van der Waals surface area contributed by atoms with Gasteiger partial charge < -0.3 is 5.32 Å². The van der Waals surface area contributed by atoms with Crippen LogP contribution in [0, 0.1) is 5.41 Å². The number of hydrogen-bond acceptors (Lipinski definition) is 2. The molecule has 3 rings (SSSR count). The molecule has 3 heteroatoms. The van der Waals surface area contributed by atoms with E-state index in [-0.39, 0.29) is 0 Å². The Morgan fingerprint density at radius 1 is 1.29 bits per heavy atom. The van der Waals surface area contributed by atoms with E-state index in [1.807, 2.05) is 23.1 Å². The molecule has 0 fully saturated rings. The van der Waals surface area contributed by atoms with Crippen molar-refractivity contribution in [3.63, 3.8) is 0 Å². The third-order valence-electron chi connectivity index (χ3n) is 4.66. The molecule has 1 atom stereocenters. The van der Waals surface area contributed by atoms with Crippen LogP contribution in [0.2, 0.25) is 0 Å². The number of nitrogens with zero attached hydrogens (tertiary/aromatic N) is 2. The average Bonchev–Trinajstić information content (AvgIpc) is 2.98. The van der Waals surface area contributed by atoms with Gasteiger partial charge in [-0.05, 0) is 48.4 Å². The van der Waals surface area contributed by atoms with Crippen molar-refractivity contribution in [2.75, 3.05) is 6.54 Å². The normalized spacial score (nSPS) is 20.2. The topological polar surface area (TPSA) is 29.9 Å². The smallest absolute Gasteiger partial charge is 0.0489 e. The lowest BCUT2D eigenvalue weighted by Gasteiger charge is -2.40. The number of hydrogen-bond donors (Lipinski definition) is 1. The number of nitrogens with one attached hydrogen (secondary N) is 1. The van der Waals surface area contributed by atoms with Crippen molar-refractivity contribution >= 4 is 0 Å². The van der Waals surface area contributed by atoms with Crippen LogP contribution in [0.15, 0.2) is 42.7 Å². The highest BCUT2D eigenvalue weighted by Crippen LogP contribution is 2.43. The molecule has 0 radical (unpaired) electrons. The molecule has 21 heavy (non-hydrogen) atoms. The number of aromatic nitrogens is 2. The minimum Gasteiger partial charge on any atom is -0.309 e. The summed E-state index contributed by atoms with van der Waals surface area (Å²) < 4.78 is 2.00. The monoisotopic (exact) mass is 283 g/mol. The SMILES string of the molecule is CC1(C)CCc2ccccc2C1NCCCn1cccn1. The molecule has 1 N–H and O–H groups in total. The van der Waals surface area contributed by atoms with Gasteiger partial charge >= 0.3 is 0 Å². The van der Waals surface area contributed by atoms with E-state index >= 15 is 0 Å². The van der Waals surface area contributed by atoms with Crippen LogP contribution in [-0.4, -0.2) is 16.3 Å². The molecular weight excluding hydrogens is 258 g/mol. The van der Waals surface area contributed by atoms with Gasteiger partial charge in [-0.2, -0.15) is 5.10 Å². The highest BCUT2D eigenvalue weighted by atomic mass is 15.3. The van der Waals surface area contributed by atoms with Crippen molar-refractivity contribution in [2.24, 2.45) is 5.41 Å². The molecule has 1 aliphatic rings. The molecule has 1 aromatic heterocycles. The Labute approximate surface area is 127 Å². The summed E-state index contributed by atoms with van der Waals surface area (Å²) in [4.78, 5) is 0. The zero-order valence-corrected chi connectivity index (χ0v) is 13.0. The second-order valence-electron chi connectivity index (χ2n) is 6.70. The predicted octanol–water partition coefficient (Wildman–Crippen LogP) is 3.58. The maximum atomic E-state index is 4.25. The van der Waals surface area contributed by atoms with Crippen LogP contribution in [0.1, 0.15) is 43.9 Å². The molecule has 112 valence electrons. The third-order valence-corrected chi connectivity index (χ3v) is 4.66. The van der Waals surface area contributed by atoms with Crippen molar-refractivity contribution in [1.82, 2.24) is 15.1 Å². The Morgan fingerprint density at radius 2 is 2.14 bits per heavy atom. The fourth-order valence-electron chi connectivity index (χ4n) is 3.37.